The minimum Gasteiger partial charge on any atom is -0.508 e. The van der Waals surface area contributed by atoms with Crippen LogP contribution in [0.15, 0.2) is 76.4 Å². The minimum atomic E-state index is -1.54. The van der Waals surface area contributed by atoms with E-state index in [0.29, 0.717) is 12.8 Å². The first kappa shape index (κ1) is 34.0. The van der Waals surface area contributed by atoms with Crippen LogP contribution in [-0.4, -0.2) is 27.6 Å². The second-order valence-electron chi connectivity index (χ2n) is 13.9. The average Bonchev–Trinajstić information content (AvgIpc) is 2.91. The van der Waals surface area contributed by atoms with Crippen LogP contribution in [0.4, 0.5) is 0 Å². The normalized spacial score (nSPS) is 26.1. The number of hydrogen-bond acceptors (Lipinski definition) is 5. The zero-order chi connectivity index (χ0) is 32.3. The highest BCUT2D eigenvalue weighted by molar-refractivity contribution is 6.41. The number of aromatic hydroxyl groups is 1. The van der Waals surface area contributed by atoms with E-state index in [-0.39, 0.29) is 41.4 Å². The Morgan fingerprint density at radius 3 is 2.05 bits per heavy atom. The molecule has 232 valence electrons. The number of aliphatic hydroxyl groups excluding tert-OH is 1. The van der Waals surface area contributed by atoms with Crippen LogP contribution in [0.2, 0.25) is 0 Å². The van der Waals surface area contributed by atoms with Crippen molar-refractivity contribution < 1.29 is 24.6 Å². The molecule has 2 aliphatic rings. The van der Waals surface area contributed by atoms with E-state index in [2.05, 4.69) is 32.9 Å². The number of rotatable bonds is 10. The zero-order valence-electron chi connectivity index (χ0n) is 27.6. The topological polar surface area (TPSA) is 91.7 Å². The highest BCUT2D eigenvalue weighted by Crippen LogP contribution is 2.65. The maximum absolute atomic E-state index is 14.9. The fraction of sp³-hybridized carbons (Fsp3) is 0.500. The third-order valence-electron chi connectivity index (χ3n) is 9.69. The van der Waals surface area contributed by atoms with Crippen molar-refractivity contribution >= 4 is 23.1 Å². The van der Waals surface area contributed by atoms with Crippen molar-refractivity contribution in [3.63, 3.8) is 0 Å². The van der Waals surface area contributed by atoms with Crippen LogP contribution in [-0.2, 0) is 14.4 Å². The molecule has 0 saturated heterocycles. The molecule has 2 bridgehead atoms. The van der Waals surface area contributed by atoms with Gasteiger partial charge in [-0.2, -0.15) is 0 Å². The molecule has 43 heavy (non-hydrogen) atoms. The standard InChI is InChI=1S/C38H50O5/c1-24(2)12-10-13-27(7)16-17-29-23-37(20-18-25(3)4)33(41)31(32(40)28-14-11-15-30(39)22-28)34(42)38(35(37)43,36(29,8)9)21-19-26(5)6/h11-12,14-16,18-19,22,29,39-40H,10,13,17,20-21,23H2,1-9H3/t29-,37-,38+/m0/s1. The molecule has 0 aromatic heterocycles. The SMILES string of the molecule is CC(C)=CCCC(C)=CC[C@H]1C[C@@]2(CC=C(C)C)C(=O)C(=C(O)c3cccc(O)c3)C(=O)[C@](CC=C(C)C)(C2=O)C1(C)C. The van der Waals surface area contributed by atoms with Gasteiger partial charge in [-0.15, -0.1) is 0 Å². The maximum Gasteiger partial charge on any atom is 0.184 e. The molecule has 0 spiro atoms. The van der Waals surface area contributed by atoms with Crippen LogP contribution in [0, 0.1) is 22.2 Å². The number of ketones is 3. The lowest BCUT2D eigenvalue weighted by atomic mass is 9.38. The van der Waals surface area contributed by atoms with Crippen molar-refractivity contribution in [3.05, 3.63) is 82.0 Å². The molecule has 0 amide bonds. The third-order valence-corrected chi connectivity index (χ3v) is 9.69. The first-order valence-corrected chi connectivity index (χ1v) is 15.4. The second kappa shape index (κ2) is 13.0. The molecule has 5 heteroatoms. The summed E-state index contributed by atoms with van der Waals surface area (Å²) in [5, 5.41) is 21.6. The minimum absolute atomic E-state index is 0.0951. The summed E-state index contributed by atoms with van der Waals surface area (Å²) in [6, 6.07) is 5.89. The van der Waals surface area contributed by atoms with Gasteiger partial charge in [-0.1, -0.05) is 72.6 Å². The van der Waals surface area contributed by atoms with Gasteiger partial charge in [-0.05, 0) is 110 Å². The van der Waals surface area contributed by atoms with E-state index >= 15 is 0 Å². The summed E-state index contributed by atoms with van der Waals surface area (Å²) < 4.78 is 0. The van der Waals surface area contributed by atoms with Gasteiger partial charge in [0.25, 0.3) is 0 Å². The van der Waals surface area contributed by atoms with E-state index in [0.717, 1.165) is 24.0 Å². The Morgan fingerprint density at radius 2 is 1.47 bits per heavy atom. The molecule has 3 atom stereocenters. The van der Waals surface area contributed by atoms with Gasteiger partial charge in [-0.3, -0.25) is 14.4 Å². The van der Waals surface area contributed by atoms with Gasteiger partial charge in [0.15, 0.2) is 17.3 Å². The van der Waals surface area contributed by atoms with Crippen molar-refractivity contribution in [1.82, 2.24) is 0 Å². The highest BCUT2D eigenvalue weighted by Gasteiger charge is 2.73. The summed E-state index contributed by atoms with van der Waals surface area (Å²) in [5.41, 5.74) is 0.474. The molecule has 3 rings (SSSR count). The monoisotopic (exact) mass is 586 g/mol. The Labute approximate surface area is 258 Å². The number of phenolic OH excluding ortho intramolecular Hbond substituents is 1. The van der Waals surface area contributed by atoms with Crippen LogP contribution < -0.4 is 0 Å². The largest absolute Gasteiger partial charge is 0.508 e. The van der Waals surface area contributed by atoms with Gasteiger partial charge in [0.1, 0.15) is 22.5 Å². The van der Waals surface area contributed by atoms with Gasteiger partial charge in [0, 0.05) is 5.56 Å². The predicted molar refractivity (Wildman–Crippen MR) is 175 cm³/mol. The molecule has 0 unspecified atom stereocenters. The fourth-order valence-corrected chi connectivity index (χ4v) is 6.84. The Balaban J connectivity index is 2.31. The Kier molecular flexibility index (Phi) is 10.3. The smallest absolute Gasteiger partial charge is 0.184 e. The second-order valence-corrected chi connectivity index (χ2v) is 13.9. The molecule has 2 aliphatic carbocycles. The lowest BCUT2D eigenvalue weighted by molar-refractivity contribution is -0.176. The van der Waals surface area contributed by atoms with Gasteiger partial charge in [0.2, 0.25) is 0 Å². The number of benzene rings is 1. The van der Waals surface area contributed by atoms with E-state index in [9.17, 15) is 24.6 Å². The summed E-state index contributed by atoms with van der Waals surface area (Å²) in [4.78, 5) is 44.3. The molecular weight excluding hydrogens is 536 g/mol. The number of phenols is 1. The third kappa shape index (κ3) is 6.41. The van der Waals surface area contributed by atoms with Gasteiger partial charge in [0.05, 0.1) is 5.41 Å². The summed E-state index contributed by atoms with van der Waals surface area (Å²) in [5.74, 6) is -2.26. The van der Waals surface area contributed by atoms with Crippen LogP contribution in [0.5, 0.6) is 5.75 Å². The van der Waals surface area contributed by atoms with E-state index < -0.39 is 33.6 Å². The Morgan fingerprint density at radius 1 is 0.860 bits per heavy atom. The molecule has 2 fully saturated rings. The van der Waals surface area contributed by atoms with Crippen molar-refractivity contribution in [3.8, 4) is 5.75 Å². The number of fused-ring (bicyclic) bond motifs is 2. The quantitative estimate of drug-likeness (QED) is 0.0937. The van der Waals surface area contributed by atoms with Gasteiger partial charge in [-0.25, -0.2) is 0 Å². The molecular formula is C38H50O5. The Bertz CT molecular complexity index is 1430. The summed E-state index contributed by atoms with van der Waals surface area (Å²) >= 11 is 0. The first-order chi connectivity index (χ1) is 20.0. The molecule has 0 heterocycles. The lowest BCUT2D eigenvalue weighted by Gasteiger charge is -2.60. The van der Waals surface area contributed by atoms with Gasteiger partial charge >= 0.3 is 0 Å². The maximum atomic E-state index is 14.9. The molecule has 1 aromatic rings. The molecule has 0 aliphatic heterocycles. The highest BCUT2D eigenvalue weighted by atomic mass is 16.3. The lowest BCUT2D eigenvalue weighted by Crippen LogP contribution is -2.69. The molecule has 2 saturated carbocycles. The van der Waals surface area contributed by atoms with Crippen molar-refractivity contribution in [2.24, 2.45) is 22.2 Å². The van der Waals surface area contributed by atoms with Gasteiger partial charge < -0.3 is 10.2 Å². The van der Waals surface area contributed by atoms with Crippen LogP contribution in [0.3, 0.4) is 0 Å². The number of carbonyl (C=O) groups excluding carboxylic acids is 3. The van der Waals surface area contributed by atoms with Crippen LogP contribution in [0.25, 0.3) is 5.76 Å². The Hall–Kier alpha value is -3.47. The molecule has 0 radical (unpaired) electrons. The molecule has 5 nitrogen and oxygen atoms in total. The van der Waals surface area contributed by atoms with Crippen molar-refractivity contribution in [2.45, 2.75) is 101 Å². The van der Waals surface area contributed by atoms with E-state index in [1.54, 1.807) is 12.1 Å². The van der Waals surface area contributed by atoms with E-state index in [1.807, 2.05) is 53.7 Å². The summed E-state index contributed by atoms with van der Waals surface area (Å²) in [6.45, 7) is 18.0. The average molecular weight is 587 g/mol. The van der Waals surface area contributed by atoms with Crippen LogP contribution in [0.1, 0.15) is 106 Å². The molecule has 2 N–H and O–H groups in total. The number of aliphatic hydroxyl groups is 1. The fourth-order valence-electron chi connectivity index (χ4n) is 6.84. The van der Waals surface area contributed by atoms with E-state index in [4.69, 9.17) is 0 Å². The molecule has 1 aromatic carbocycles. The summed E-state index contributed by atoms with van der Waals surface area (Å²) in [7, 11) is 0. The zero-order valence-corrected chi connectivity index (χ0v) is 27.6. The van der Waals surface area contributed by atoms with Crippen LogP contribution >= 0.6 is 0 Å². The number of allylic oxidation sites excluding steroid dienone is 9. The van der Waals surface area contributed by atoms with Crippen molar-refractivity contribution in [2.75, 3.05) is 0 Å². The number of hydrogen-bond donors (Lipinski definition) is 2. The number of carbonyl (C=O) groups is 3. The summed E-state index contributed by atoms with van der Waals surface area (Å²) in [6.07, 6.45) is 11.4. The van der Waals surface area contributed by atoms with E-state index in [1.165, 1.54) is 23.3 Å². The predicted octanol–water partition coefficient (Wildman–Crippen LogP) is 9.20. The number of Topliss-reactive ketones (excluding diaryl/α,β-unsaturated/α-hetero) is 3. The van der Waals surface area contributed by atoms with Crippen molar-refractivity contribution in [1.29, 1.82) is 0 Å². The first-order valence-electron chi connectivity index (χ1n) is 15.4.